The van der Waals surface area contributed by atoms with Crippen LogP contribution in [0.1, 0.15) is 19.4 Å². The van der Waals surface area contributed by atoms with Crippen molar-refractivity contribution in [2.24, 2.45) is 5.92 Å². The van der Waals surface area contributed by atoms with Crippen molar-refractivity contribution >= 4 is 28.3 Å². The number of urea groups is 1. The maximum absolute atomic E-state index is 12.1. The Morgan fingerprint density at radius 3 is 2.60 bits per heavy atom. The third-order valence-electron chi connectivity index (χ3n) is 3.28. The molecule has 0 spiro atoms. The minimum Gasteiger partial charge on any atom is -0.292 e. The zero-order valence-electron chi connectivity index (χ0n) is 13.9. The topological polar surface area (TPSA) is 92.7 Å². The molecule has 3 rings (SSSR count). The van der Waals surface area contributed by atoms with Gasteiger partial charge in [0, 0.05) is 24.2 Å². The average molecular weight is 354 g/mol. The molecule has 0 aromatic carbocycles. The monoisotopic (exact) mass is 354 g/mol. The van der Waals surface area contributed by atoms with Crippen molar-refractivity contribution in [3.63, 3.8) is 0 Å². The van der Waals surface area contributed by atoms with Crippen LogP contribution in [-0.4, -0.2) is 26.2 Å². The minimum absolute atomic E-state index is 0.401. The fourth-order valence-corrected chi connectivity index (χ4v) is 2.96. The third-order valence-corrected chi connectivity index (χ3v) is 4.17. The Bertz CT molecular complexity index is 832. The molecule has 3 heterocycles. The molecule has 0 saturated heterocycles. The van der Waals surface area contributed by atoms with Gasteiger partial charge < -0.3 is 0 Å². The first-order valence-corrected chi connectivity index (χ1v) is 8.68. The van der Waals surface area contributed by atoms with Crippen LogP contribution in [0.3, 0.4) is 0 Å². The Balaban J connectivity index is 1.58. The van der Waals surface area contributed by atoms with Crippen LogP contribution < -0.4 is 10.6 Å². The summed E-state index contributed by atoms with van der Waals surface area (Å²) >= 11 is 1.29. The molecule has 3 aromatic rings. The molecule has 3 aromatic heterocycles. The van der Waals surface area contributed by atoms with Crippen molar-refractivity contribution < 1.29 is 4.79 Å². The highest BCUT2D eigenvalue weighted by Gasteiger charge is 2.10. The zero-order valence-corrected chi connectivity index (χ0v) is 14.7. The van der Waals surface area contributed by atoms with Gasteiger partial charge in [-0.1, -0.05) is 31.3 Å². The van der Waals surface area contributed by atoms with Gasteiger partial charge in [-0.25, -0.2) is 9.78 Å². The van der Waals surface area contributed by atoms with Crippen LogP contribution in [0.2, 0.25) is 0 Å². The van der Waals surface area contributed by atoms with Gasteiger partial charge in [0.1, 0.15) is 10.8 Å². The predicted octanol–water partition coefficient (Wildman–Crippen LogP) is 3.84. The molecule has 0 saturated carbocycles. The number of carbonyl (C=O) groups excluding carboxylic acids is 1. The maximum atomic E-state index is 12.1. The highest BCUT2D eigenvalue weighted by atomic mass is 32.1. The van der Waals surface area contributed by atoms with E-state index in [1.54, 1.807) is 24.7 Å². The number of carbonyl (C=O) groups is 1. The first-order valence-electron chi connectivity index (χ1n) is 7.87. The first-order chi connectivity index (χ1) is 12.1. The number of anilines is 2. The SMILES string of the molecule is CC(C)Cc1ccc(NC(=O)Nc2nnc(-c3ccncc3)s2)nc1. The van der Waals surface area contributed by atoms with Crippen molar-refractivity contribution in [2.75, 3.05) is 10.6 Å². The van der Waals surface area contributed by atoms with Crippen LogP contribution in [0, 0.1) is 5.92 Å². The lowest BCUT2D eigenvalue weighted by atomic mass is 10.1. The van der Waals surface area contributed by atoms with E-state index >= 15 is 0 Å². The quantitative estimate of drug-likeness (QED) is 0.726. The molecule has 0 bridgehead atoms. The Kier molecular flexibility index (Phi) is 5.30. The number of hydrogen-bond acceptors (Lipinski definition) is 6. The van der Waals surface area contributed by atoms with Crippen LogP contribution in [0.25, 0.3) is 10.6 Å². The second-order valence-electron chi connectivity index (χ2n) is 5.88. The smallest absolute Gasteiger partial charge is 0.292 e. The Labute approximate surface area is 149 Å². The van der Waals surface area contributed by atoms with E-state index in [0.717, 1.165) is 17.5 Å². The maximum Gasteiger partial charge on any atom is 0.326 e. The summed E-state index contributed by atoms with van der Waals surface area (Å²) in [5.74, 6) is 1.06. The summed E-state index contributed by atoms with van der Waals surface area (Å²) in [6.07, 6.45) is 6.11. The number of rotatable bonds is 5. The number of aromatic nitrogens is 4. The molecule has 0 aliphatic heterocycles. The standard InChI is InChI=1S/C17H18N6OS/c1-11(2)9-12-3-4-14(19-10-12)20-16(24)21-17-23-22-15(25-17)13-5-7-18-8-6-13/h3-8,10-11H,9H2,1-2H3,(H2,19,20,21,23,24). The molecule has 7 nitrogen and oxygen atoms in total. The van der Waals surface area contributed by atoms with Gasteiger partial charge in [0.2, 0.25) is 5.13 Å². The molecule has 0 aliphatic carbocycles. The summed E-state index contributed by atoms with van der Waals surface area (Å²) in [6.45, 7) is 4.31. The Morgan fingerprint density at radius 1 is 1.12 bits per heavy atom. The number of pyridine rings is 2. The highest BCUT2D eigenvalue weighted by molar-refractivity contribution is 7.18. The summed E-state index contributed by atoms with van der Waals surface area (Å²) in [5.41, 5.74) is 2.05. The first kappa shape index (κ1) is 17.0. The Morgan fingerprint density at radius 2 is 1.92 bits per heavy atom. The average Bonchev–Trinajstić information content (AvgIpc) is 3.05. The van der Waals surface area contributed by atoms with Crippen LogP contribution >= 0.6 is 11.3 Å². The number of hydrogen-bond donors (Lipinski definition) is 2. The molecule has 0 radical (unpaired) electrons. The molecule has 0 atom stereocenters. The molecular weight excluding hydrogens is 336 g/mol. The zero-order chi connectivity index (χ0) is 17.6. The molecular formula is C17H18N6OS. The van der Waals surface area contributed by atoms with Gasteiger partial charge in [-0.15, -0.1) is 10.2 Å². The second kappa shape index (κ2) is 7.80. The molecule has 0 aliphatic rings. The fourth-order valence-electron chi connectivity index (χ4n) is 2.22. The van der Waals surface area contributed by atoms with Crippen molar-refractivity contribution in [2.45, 2.75) is 20.3 Å². The van der Waals surface area contributed by atoms with Crippen molar-refractivity contribution in [1.82, 2.24) is 20.2 Å². The highest BCUT2D eigenvalue weighted by Crippen LogP contribution is 2.25. The van der Waals surface area contributed by atoms with Gasteiger partial charge in [-0.05, 0) is 36.1 Å². The van der Waals surface area contributed by atoms with E-state index in [-0.39, 0.29) is 0 Å². The minimum atomic E-state index is -0.401. The lowest BCUT2D eigenvalue weighted by Crippen LogP contribution is -2.20. The molecule has 2 N–H and O–H groups in total. The summed E-state index contributed by atoms with van der Waals surface area (Å²) in [6, 6.07) is 7.04. The van der Waals surface area contributed by atoms with Crippen LogP contribution in [0.5, 0.6) is 0 Å². The second-order valence-corrected chi connectivity index (χ2v) is 6.85. The van der Waals surface area contributed by atoms with Crippen LogP contribution in [-0.2, 0) is 6.42 Å². The lowest BCUT2D eigenvalue weighted by molar-refractivity contribution is 0.262. The van der Waals surface area contributed by atoms with E-state index in [4.69, 9.17) is 0 Å². The largest absolute Gasteiger partial charge is 0.326 e. The third kappa shape index (κ3) is 4.80. The summed E-state index contributed by atoms with van der Waals surface area (Å²) in [4.78, 5) is 20.3. The molecule has 2 amide bonds. The number of nitrogens with one attached hydrogen (secondary N) is 2. The molecule has 25 heavy (non-hydrogen) atoms. The van der Waals surface area contributed by atoms with E-state index in [2.05, 4.69) is 44.6 Å². The van der Waals surface area contributed by atoms with Gasteiger partial charge in [0.15, 0.2) is 0 Å². The van der Waals surface area contributed by atoms with Crippen LogP contribution in [0.15, 0.2) is 42.9 Å². The van der Waals surface area contributed by atoms with Crippen molar-refractivity contribution in [1.29, 1.82) is 0 Å². The van der Waals surface area contributed by atoms with Crippen molar-refractivity contribution in [3.8, 4) is 10.6 Å². The van der Waals surface area contributed by atoms with E-state index in [9.17, 15) is 4.79 Å². The molecule has 0 unspecified atom stereocenters. The molecule has 0 fully saturated rings. The lowest BCUT2D eigenvalue weighted by Gasteiger charge is -2.07. The summed E-state index contributed by atoms with van der Waals surface area (Å²) in [5, 5.41) is 14.5. The van der Waals surface area contributed by atoms with E-state index in [1.165, 1.54) is 11.3 Å². The summed E-state index contributed by atoms with van der Waals surface area (Å²) in [7, 11) is 0. The fraction of sp³-hybridized carbons (Fsp3) is 0.235. The summed E-state index contributed by atoms with van der Waals surface area (Å²) < 4.78 is 0. The molecule has 8 heteroatoms. The van der Waals surface area contributed by atoms with Gasteiger partial charge in [0.25, 0.3) is 0 Å². The van der Waals surface area contributed by atoms with E-state index in [1.807, 2.05) is 18.2 Å². The number of amides is 2. The Hall–Kier alpha value is -2.87. The van der Waals surface area contributed by atoms with E-state index < -0.39 is 6.03 Å². The predicted molar refractivity (Wildman–Crippen MR) is 98.6 cm³/mol. The van der Waals surface area contributed by atoms with Crippen LogP contribution in [0.4, 0.5) is 15.7 Å². The van der Waals surface area contributed by atoms with Crippen molar-refractivity contribution in [3.05, 3.63) is 48.4 Å². The van der Waals surface area contributed by atoms with Gasteiger partial charge in [0.05, 0.1) is 0 Å². The van der Waals surface area contributed by atoms with Gasteiger partial charge >= 0.3 is 6.03 Å². The van der Waals surface area contributed by atoms with Gasteiger partial charge in [-0.3, -0.25) is 15.6 Å². The van der Waals surface area contributed by atoms with Gasteiger partial charge in [-0.2, -0.15) is 0 Å². The van der Waals surface area contributed by atoms with E-state index in [0.29, 0.717) is 21.9 Å². The molecule has 128 valence electrons. The normalized spacial score (nSPS) is 10.7. The number of nitrogens with zero attached hydrogens (tertiary/aromatic N) is 4.